The molecule has 5 rings (SSSR count). The summed E-state index contributed by atoms with van der Waals surface area (Å²) in [7, 11) is 0. The molecule has 4 heterocycles. The highest BCUT2D eigenvalue weighted by Gasteiger charge is 2.21. The van der Waals surface area contributed by atoms with Crippen LogP contribution in [0.2, 0.25) is 0 Å². The quantitative estimate of drug-likeness (QED) is 0.291. The Kier molecular flexibility index (Phi) is 8.53. The van der Waals surface area contributed by atoms with Gasteiger partial charge in [-0.25, -0.2) is 9.37 Å². The first-order valence-electron chi connectivity index (χ1n) is 13.0. The molecular formula is C29H30FN5O5. The number of aromatic amines is 1. The first kappa shape index (κ1) is 27.1. The minimum Gasteiger partial charge on any atom is -0.459 e. The number of halogens is 1. The molecule has 0 unspecified atom stereocenters. The Balaban J connectivity index is 1.31. The molecule has 0 aliphatic carbocycles. The van der Waals surface area contributed by atoms with Crippen LogP contribution >= 0.6 is 0 Å². The van der Waals surface area contributed by atoms with Gasteiger partial charge in [0, 0.05) is 62.5 Å². The van der Waals surface area contributed by atoms with Gasteiger partial charge in [-0.1, -0.05) is 0 Å². The average Bonchev–Trinajstić information content (AvgIpc) is 3.66. The number of carbonyl (C=O) groups is 2. The molecule has 0 atom stereocenters. The number of anilines is 2. The maximum absolute atomic E-state index is 14.5. The number of pyridine rings is 1. The van der Waals surface area contributed by atoms with Crippen molar-refractivity contribution < 1.29 is 27.9 Å². The largest absolute Gasteiger partial charge is 0.459 e. The van der Waals surface area contributed by atoms with E-state index < -0.39 is 11.7 Å². The minimum atomic E-state index is -0.621. The Hall–Kier alpha value is -4.48. The zero-order valence-electron chi connectivity index (χ0n) is 22.1. The number of hydrogen-bond acceptors (Lipinski definition) is 7. The molecule has 4 aromatic rings. The second-order valence-corrected chi connectivity index (χ2v) is 9.34. The van der Waals surface area contributed by atoms with Gasteiger partial charge in [0.05, 0.1) is 30.7 Å². The molecule has 1 fully saturated rings. The van der Waals surface area contributed by atoms with E-state index in [9.17, 15) is 14.0 Å². The highest BCUT2D eigenvalue weighted by atomic mass is 19.1. The van der Waals surface area contributed by atoms with Gasteiger partial charge >= 0.3 is 0 Å². The Morgan fingerprint density at radius 3 is 2.73 bits per heavy atom. The average molecular weight is 548 g/mol. The molecule has 1 saturated heterocycles. The molecule has 0 radical (unpaired) electrons. The van der Waals surface area contributed by atoms with Crippen molar-refractivity contribution in [1.29, 1.82) is 0 Å². The van der Waals surface area contributed by atoms with E-state index >= 15 is 0 Å². The van der Waals surface area contributed by atoms with Crippen LogP contribution in [0.3, 0.4) is 0 Å². The first-order chi connectivity index (χ1) is 19.5. The summed E-state index contributed by atoms with van der Waals surface area (Å²) in [5.74, 6) is -0.158. The number of H-pyrrole nitrogens is 1. The lowest BCUT2D eigenvalue weighted by Gasteiger charge is -2.28. The number of furan rings is 1. The Morgan fingerprint density at radius 1 is 1.15 bits per heavy atom. The third-order valence-electron chi connectivity index (χ3n) is 6.53. The van der Waals surface area contributed by atoms with Crippen molar-refractivity contribution in [1.82, 2.24) is 14.9 Å². The van der Waals surface area contributed by atoms with Gasteiger partial charge in [0.2, 0.25) is 0 Å². The van der Waals surface area contributed by atoms with Crippen LogP contribution in [0.1, 0.15) is 32.9 Å². The molecule has 0 saturated carbocycles. The molecule has 1 aliphatic rings. The van der Waals surface area contributed by atoms with Crippen molar-refractivity contribution >= 4 is 23.3 Å². The highest BCUT2D eigenvalue weighted by Crippen LogP contribution is 2.29. The van der Waals surface area contributed by atoms with Gasteiger partial charge in [-0.2, -0.15) is 0 Å². The van der Waals surface area contributed by atoms with Gasteiger partial charge in [-0.3, -0.25) is 19.4 Å². The normalized spacial score (nSPS) is 13.7. The van der Waals surface area contributed by atoms with Crippen molar-refractivity contribution in [3.8, 4) is 11.5 Å². The summed E-state index contributed by atoms with van der Waals surface area (Å²) in [4.78, 5) is 37.2. The van der Waals surface area contributed by atoms with Crippen LogP contribution in [-0.2, 0) is 4.74 Å². The molecule has 2 amide bonds. The predicted octanol–water partition coefficient (Wildman–Crippen LogP) is 4.86. The lowest BCUT2D eigenvalue weighted by molar-refractivity contribution is 0.0376. The lowest BCUT2D eigenvalue weighted by atomic mass is 10.2. The molecule has 40 heavy (non-hydrogen) atoms. The number of aryl methyl sites for hydroxylation is 1. The Labute approximate surface area is 230 Å². The molecule has 0 bridgehead atoms. The van der Waals surface area contributed by atoms with E-state index in [1.54, 1.807) is 54.7 Å². The van der Waals surface area contributed by atoms with Crippen molar-refractivity contribution in [2.24, 2.45) is 0 Å². The predicted molar refractivity (Wildman–Crippen MR) is 146 cm³/mol. The summed E-state index contributed by atoms with van der Waals surface area (Å²) < 4.78 is 31.1. The standard InChI is InChI=1S/C29H30FN5O5/c1-20-7-14-39-27(20)28(36)33-25-17-22(3-4-24(25)30)40-23-6-9-32-26(18-23)35(29(37)21-5-8-31-19-21)11-2-10-34-12-15-38-16-13-34/h3-9,14,17-19,31H,2,10-13,15-16H2,1H3,(H,33,36). The van der Waals surface area contributed by atoms with Crippen molar-refractivity contribution in [2.45, 2.75) is 13.3 Å². The van der Waals surface area contributed by atoms with E-state index in [0.717, 1.165) is 26.1 Å². The third kappa shape index (κ3) is 6.56. The Morgan fingerprint density at radius 2 is 1.98 bits per heavy atom. The van der Waals surface area contributed by atoms with Crippen LogP contribution in [0.25, 0.3) is 0 Å². The fourth-order valence-electron chi connectivity index (χ4n) is 4.41. The molecule has 3 aromatic heterocycles. The number of hydrogen-bond donors (Lipinski definition) is 2. The zero-order chi connectivity index (χ0) is 27.9. The maximum Gasteiger partial charge on any atom is 0.291 e. The van der Waals surface area contributed by atoms with Gasteiger partial charge in [0.15, 0.2) is 5.76 Å². The number of aromatic nitrogens is 2. The first-order valence-corrected chi connectivity index (χ1v) is 13.0. The van der Waals surface area contributed by atoms with Crippen molar-refractivity contribution in [3.05, 3.63) is 90.0 Å². The van der Waals surface area contributed by atoms with Crippen LogP contribution in [0.15, 0.2) is 71.7 Å². The topological polar surface area (TPSA) is 113 Å². The van der Waals surface area contributed by atoms with Crippen molar-refractivity contribution in [3.63, 3.8) is 0 Å². The molecule has 2 N–H and O–H groups in total. The van der Waals surface area contributed by atoms with E-state index in [-0.39, 0.29) is 17.4 Å². The van der Waals surface area contributed by atoms with Crippen LogP contribution < -0.4 is 15.0 Å². The molecule has 208 valence electrons. The lowest BCUT2D eigenvalue weighted by Crippen LogP contribution is -2.39. The van der Waals surface area contributed by atoms with Gasteiger partial charge < -0.3 is 24.2 Å². The highest BCUT2D eigenvalue weighted by molar-refractivity contribution is 6.05. The fraction of sp³-hybridized carbons (Fsp3) is 0.276. The Bertz CT molecular complexity index is 1450. The molecule has 10 nitrogen and oxygen atoms in total. The van der Waals surface area contributed by atoms with Gasteiger partial charge in [-0.05, 0) is 43.7 Å². The number of nitrogens with one attached hydrogen (secondary N) is 2. The number of rotatable bonds is 10. The molecule has 1 aromatic carbocycles. The third-order valence-corrected chi connectivity index (χ3v) is 6.53. The van der Waals surface area contributed by atoms with Gasteiger partial charge in [0.1, 0.15) is 23.1 Å². The SMILES string of the molecule is Cc1ccoc1C(=O)Nc1cc(Oc2ccnc(N(CCCN3CCOCC3)C(=O)c3cc[nH]c3)c2)ccc1F. The summed E-state index contributed by atoms with van der Waals surface area (Å²) in [5.41, 5.74) is 1.10. The summed E-state index contributed by atoms with van der Waals surface area (Å²) in [6.07, 6.45) is 7.04. The van der Waals surface area contributed by atoms with Crippen LogP contribution in [0, 0.1) is 12.7 Å². The zero-order valence-corrected chi connectivity index (χ0v) is 22.1. The van der Waals surface area contributed by atoms with E-state index in [0.29, 0.717) is 48.2 Å². The summed E-state index contributed by atoms with van der Waals surface area (Å²) in [6.45, 7) is 6.18. The number of carbonyl (C=O) groups excluding carboxylic acids is 2. The molecule has 1 aliphatic heterocycles. The number of morpholine rings is 1. The summed E-state index contributed by atoms with van der Waals surface area (Å²) >= 11 is 0. The number of benzene rings is 1. The van der Waals surface area contributed by atoms with Gasteiger partial charge in [0.25, 0.3) is 11.8 Å². The number of amides is 2. The second-order valence-electron chi connectivity index (χ2n) is 9.34. The van der Waals surface area contributed by atoms with Crippen LogP contribution in [0.5, 0.6) is 11.5 Å². The smallest absolute Gasteiger partial charge is 0.291 e. The maximum atomic E-state index is 14.5. The van der Waals surface area contributed by atoms with Gasteiger partial charge in [-0.15, -0.1) is 0 Å². The molecule has 0 spiro atoms. The monoisotopic (exact) mass is 547 g/mol. The molecular weight excluding hydrogens is 517 g/mol. The van der Waals surface area contributed by atoms with Crippen LogP contribution in [0.4, 0.5) is 15.9 Å². The minimum absolute atomic E-state index is 0.0556. The fourth-order valence-corrected chi connectivity index (χ4v) is 4.41. The molecule has 11 heteroatoms. The number of ether oxygens (including phenoxy) is 2. The van der Waals surface area contributed by atoms with Crippen LogP contribution in [-0.4, -0.2) is 66.1 Å². The van der Waals surface area contributed by atoms with Crippen molar-refractivity contribution in [2.75, 3.05) is 49.6 Å². The summed E-state index contributed by atoms with van der Waals surface area (Å²) in [5, 5.41) is 2.52. The summed E-state index contributed by atoms with van der Waals surface area (Å²) in [6, 6.07) is 10.7. The van der Waals surface area contributed by atoms with E-state index in [4.69, 9.17) is 13.9 Å². The van der Waals surface area contributed by atoms with E-state index in [1.807, 2.05) is 0 Å². The number of nitrogens with zero attached hydrogens (tertiary/aromatic N) is 3. The second kappa shape index (κ2) is 12.6. The van der Waals surface area contributed by atoms with E-state index in [2.05, 4.69) is 20.2 Å². The van der Waals surface area contributed by atoms with E-state index in [1.165, 1.54) is 24.5 Å².